The van der Waals surface area contributed by atoms with Gasteiger partial charge in [-0.1, -0.05) is 0 Å². The van der Waals surface area contributed by atoms with E-state index < -0.39 is 0 Å². The van der Waals surface area contributed by atoms with Crippen LogP contribution in [0.5, 0.6) is 5.75 Å². The van der Waals surface area contributed by atoms with Gasteiger partial charge < -0.3 is 19.7 Å². The number of morpholine rings is 1. The molecule has 23 heavy (non-hydrogen) atoms. The maximum absolute atomic E-state index is 8.81. The molecule has 1 aliphatic rings. The van der Waals surface area contributed by atoms with Crippen LogP contribution in [-0.2, 0) is 4.74 Å². The zero-order valence-electron chi connectivity index (χ0n) is 13.0. The number of aromatic nitrogens is 1. The van der Waals surface area contributed by atoms with Gasteiger partial charge in [-0.15, -0.1) is 0 Å². The molecule has 0 spiro atoms. The zero-order chi connectivity index (χ0) is 16.1. The summed E-state index contributed by atoms with van der Waals surface area (Å²) in [7, 11) is 1.65. The van der Waals surface area contributed by atoms with E-state index in [1.54, 1.807) is 19.2 Å². The summed E-state index contributed by atoms with van der Waals surface area (Å²) in [6, 6.07) is 11.6. The van der Waals surface area contributed by atoms with Crippen molar-refractivity contribution in [1.29, 1.82) is 5.26 Å². The Hall–Kier alpha value is -2.78. The second kappa shape index (κ2) is 6.99. The van der Waals surface area contributed by atoms with E-state index in [1.165, 1.54) is 6.20 Å². The van der Waals surface area contributed by atoms with E-state index in [0.717, 1.165) is 43.4 Å². The smallest absolute Gasteiger partial charge is 0.144 e. The zero-order valence-corrected chi connectivity index (χ0v) is 13.0. The first-order chi connectivity index (χ1) is 11.3. The summed E-state index contributed by atoms with van der Waals surface area (Å²) in [5.74, 6) is 1.42. The first-order valence-electron chi connectivity index (χ1n) is 7.44. The normalized spacial score (nSPS) is 14.2. The molecule has 1 aliphatic heterocycles. The quantitative estimate of drug-likeness (QED) is 0.936. The molecule has 1 fully saturated rings. The number of nitriles is 1. The van der Waals surface area contributed by atoms with E-state index in [9.17, 15) is 0 Å². The van der Waals surface area contributed by atoms with E-state index in [-0.39, 0.29) is 0 Å². The molecule has 2 aromatic rings. The van der Waals surface area contributed by atoms with Gasteiger partial charge in [0.2, 0.25) is 0 Å². The molecule has 1 saturated heterocycles. The lowest BCUT2D eigenvalue weighted by atomic mass is 10.2. The highest BCUT2D eigenvalue weighted by atomic mass is 16.5. The highest BCUT2D eigenvalue weighted by Gasteiger charge is 2.13. The van der Waals surface area contributed by atoms with Crippen LogP contribution in [0.4, 0.5) is 17.2 Å². The molecule has 0 bridgehead atoms. The van der Waals surface area contributed by atoms with Gasteiger partial charge in [0.25, 0.3) is 0 Å². The molecule has 118 valence electrons. The Labute approximate surface area is 135 Å². The molecule has 6 nitrogen and oxygen atoms in total. The van der Waals surface area contributed by atoms with Crippen LogP contribution >= 0.6 is 0 Å². The van der Waals surface area contributed by atoms with Crippen molar-refractivity contribution >= 4 is 17.2 Å². The molecule has 0 aliphatic carbocycles. The van der Waals surface area contributed by atoms with Crippen molar-refractivity contribution in [3.63, 3.8) is 0 Å². The minimum Gasteiger partial charge on any atom is -0.494 e. The van der Waals surface area contributed by atoms with Crippen molar-refractivity contribution in [1.82, 2.24) is 4.98 Å². The summed E-state index contributed by atoms with van der Waals surface area (Å²) in [6.07, 6.45) is 1.54. The Morgan fingerprint density at radius 3 is 2.74 bits per heavy atom. The van der Waals surface area contributed by atoms with E-state index in [4.69, 9.17) is 14.7 Å². The summed E-state index contributed by atoms with van der Waals surface area (Å²) in [4.78, 5) is 6.49. The maximum Gasteiger partial charge on any atom is 0.144 e. The summed E-state index contributed by atoms with van der Waals surface area (Å²) >= 11 is 0. The summed E-state index contributed by atoms with van der Waals surface area (Å²) in [6.45, 7) is 3.26. The van der Waals surface area contributed by atoms with Gasteiger partial charge in [0.1, 0.15) is 17.6 Å². The van der Waals surface area contributed by atoms with Crippen molar-refractivity contribution in [3.8, 4) is 11.8 Å². The van der Waals surface area contributed by atoms with Crippen LogP contribution in [0.3, 0.4) is 0 Å². The minimum absolute atomic E-state index is 0.533. The Kier molecular flexibility index (Phi) is 4.60. The molecule has 0 amide bonds. The van der Waals surface area contributed by atoms with E-state index in [0.29, 0.717) is 11.4 Å². The van der Waals surface area contributed by atoms with Gasteiger partial charge in [0.05, 0.1) is 31.6 Å². The van der Waals surface area contributed by atoms with E-state index >= 15 is 0 Å². The summed E-state index contributed by atoms with van der Waals surface area (Å²) in [5.41, 5.74) is 2.48. The van der Waals surface area contributed by atoms with Gasteiger partial charge in [0.15, 0.2) is 0 Å². The van der Waals surface area contributed by atoms with Crippen LogP contribution in [0.25, 0.3) is 0 Å². The standard InChI is InChI=1S/C17H18N4O2/c1-22-16-10-14(21-6-8-23-9-7-21)3-4-15(16)20-17-5-2-13(11-18)12-19-17/h2-5,10,12H,6-9H2,1H3,(H,19,20). The predicted molar refractivity (Wildman–Crippen MR) is 88.3 cm³/mol. The number of nitrogens with zero attached hydrogens (tertiary/aromatic N) is 3. The summed E-state index contributed by atoms with van der Waals surface area (Å²) in [5, 5.41) is 12.0. The minimum atomic E-state index is 0.533. The van der Waals surface area contributed by atoms with Crippen molar-refractivity contribution < 1.29 is 9.47 Å². The fourth-order valence-electron chi connectivity index (χ4n) is 2.47. The maximum atomic E-state index is 8.81. The van der Waals surface area contributed by atoms with Gasteiger partial charge in [0, 0.05) is 31.0 Å². The molecule has 6 heteroatoms. The number of hydrogen-bond acceptors (Lipinski definition) is 6. The third-order valence-electron chi connectivity index (χ3n) is 3.72. The van der Waals surface area contributed by atoms with Crippen molar-refractivity contribution in [3.05, 3.63) is 42.1 Å². The SMILES string of the molecule is COc1cc(N2CCOCC2)ccc1Nc1ccc(C#N)cn1. The second-order valence-corrected chi connectivity index (χ2v) is 5.15. The lowest BCUT2D eigenvalue weighted by Crippen LogP contribution is -2.36. The molecule has 3 rings (SSSR count). The Morgan fingerprint density at radius 2 is 2.09 bits per heavy atom. The number of benzene rings is 1. The van der Waals surface area contributed by atoms with Crippen LogP contribution < -0.4 is 15.0 Å². The number of pyridine rings is 1. The van der Waals surface area contributed by atoms with Gasteiger partial charge in [-0.2, -0.15) is 5.26 Å². The van der Waals surface area contributed by atoms with Crippen LogP contribution in [0.15, 0.2) is 36.5 Å². The molecule has 2 heterocycles. The second-order valence-electron chi connectivity index (χ2n) is 5.15. The van der Waals surface area contributed by atoms with Crippen molar-refractivity contribution in [2.24, 2.45) is 0 Å². The average Bonchev–Trinajstić information content (AvgIpc) is 2.63. The highest BCUT2D eigenvalue weighted by molar-refractivity contribution is 5.69. The lowest BCUT2D eigenvalue weighted by molar-refractivity contribution is 0.122. The fourth-order valence-corrected chi connectivity index (χ4v) is 2.47. The summed E-state index contributed by atoms with van der Waals surface area (Å²) < 4.78 is 10.9. The van der Waals surface area contributed by atoms with Crippen LogP contribution in [0.2, 0.25) is 0 Å². The van der Waals surface area contributed by atoms with Crippen molar-refractivity contribution in [2.75, 3.05) is 43.6 Å². The molecule has 0 unspecified atom stereocenters. The van der Waals surface area contributed by atoms with E-state index in [2.05, 4.69) is 27.3 Å². The van der Waals surface area contributed by atoms with Crippen LogP contribution in [0.1, 0.15) is 5.56 Å². The first-order valence-corrected chi connectivity index (χ1v) is 7.44. The number of rotatable bonds is 4. The third kappa shape index (κ3) is 3.52. The molecule has 0 radical (unpaired) electrons. The Morgan fingerprint density at radius 1 is 1.26 bits per heavy atom. The third-order valence-corrected chi connectivity index (χ3v) is 3.72. The Balaban J connectivity index is 1.80. The molecule has 1 aromatic heterocycles. The average molecular weight is 310 g/mol. The Bertz CT molecular complexity index is 704. The predicted octanol–water partition coefficient (Wildman–Crippen LogP) is 2.54. The topological polar surface area (TPSA) is 70.4 Å². The van der Waals surface area contributed by atoms with Crippen LogP contribution in [-0.4, -0.2) is 38.4 Å². The number of hydrogen-bond donors (Lipinski definition) is 1. The van der Waals surface area contributed by atoms with Crippen LogP contribution in [0, 0.1) is 11.3 Å². The monoisotopic (exact) mass is 310 g/mol. The molecule has 0 atom stereocenters. The largest absolute Gasteiger partial charge is 0.494 e. The number of nitrogens with one attached hydrogen (secondary N) is 1. The molecule has 1 N–H and O–H groups in total. The number of anilines is 3. The number of methoxy groups -OCH3 is 1. The van der Waals surface area contributed by atoms with Gasteiger partial charge in [-0.3, -0.25) is 0 Å². The van der Waals surface area contributed by atoms with Gasteiger partial charge in [-0.05, 0) is 24.3 Å². The first kappa shape index (κ1) is 15.1. The molecular weight excluding hydrogens is 292 g/mol. The van der Waals surface area contributed by atoms with Gasteiger partial charge in [-0.25, -0.2) is 4.98 Å². The van der Waals surface area contributed by atoms with Crippen molar-refractivity contribution in [2.45, 2.75) is 0 Å². The van der Waals surface area contributed by atoms with E-state index in [1.807, 2.05) is 12.1 Å². The van der Waals surface area contributed by atoms with Gasteiger partial charge >= 0.3 is 0 Å². The molecule has 0 saturated carbocycles. The molecular formula is C17H18N4O2. The molecule has 1 aromatic carbocycles. The highest BCUT2D eigenvalue weighted by Crippen LogP contribution is 2.31. The lowest BCUT2D eigenvalue weighted by Gasteiger charge is -2.29. The number of ether oxygens (including phenoxy) is 2. The fraction of sp³-hybridized carbons (Fsp3) is 0.294.